The van der Waals surface area contributed by atoms with Crippen molar-refractivity contribution < 1.29 is 14.6 Å². The zero-order chi connectivity index (χ0) is 21.4. The van der Waals surface area contributed by atoms with E-state index in [0.717, 1.165) is 12.8 Å². The van der Waals surface area contributed by atoms with Gasteiger partial charge in [-0.1, -0.05) is 122 Å². The molecule has 0 saturated heterocycles. The summed E-state index contributed by atoms with van der Waals surface area (Å²) in [5, 5.41) is 8.75. The van der Waals surface area contributed by atoms with Crippen LogP contribution in [0.25, 0.3) is 0 Å². The summed E-state index contributed by atoms with van der Waals surface area (Å²) in [6.45, 7) is 4.62. The number of unbranched alkanes of at least 4 members (excludes halogenated alkanes) is 17. The maximum Gasteiger partial charge on any atom is 0.333 e. The highest BCUT2D eigenvalue weighted by Gasteiger charge is 2.04. The minimum atomic E-state index is -0.245. The summed E-state index contributed by atoms with van der Waals surface area (Å²) in [4.78, 5) is 11.7. The lowest BCUT2D eigenvalue weighted by atomic mass is 10.0. The number of carbonyl (C=O) groups excluding carboxylic acids is 1. The van der Waals surface area contributed by atoms with Crippen LogP contribution in [0.1, 0.15) is 136 Å². The molecule has 0 heterocycles. The number of aliphatic hydroxyl groups excluding tert-OH is 1. The van der Waals surface area contributed by atoms with Crippen molar-refractivity contribution in [3.05, 3.63) is 11.6 Å². The molecule has 0 rings (SSSR count). The van der Waals surface area contributed by atoms with Crippen LogP contribution in [-0.4, -0.2) is 24.3 Å². The second-order valence-electron chi connectivity index (χ2n) is 8.55. The van der Waals surface area contributed by atoms with E-state index in [4.69, 9.17) is 9.84 Å². The van der Waals surface area contributed by atoms with E-state index >= 15 is 0 Å². The molecule has 3 nitrogen and oxygen atoms in total. The Labute approximate surface area is 181 Å². The minimum absolute atomic E-state index is 0.0733. The Morgan fingerprint density at radius 1 is 0.690 bits per heavy atom. The highest BCUT2D eigenvalue weighted by Crippen LogP contribution is 2.14. The number of hydrogen-bond acceptors (Lipinski definition) is 3. The molecule has 0 aliphatic heterocycles. The quantitative estimate of drug-likeness (QED) is 0.112. The predicted octanol–water partition coefficient (Wildman–Crippen LogP) is 7.90. The van der Waals surface area contributed by atoms with Gasteiger partial charge in [-0.05, 0) is 19.8 Å². The van der Waals surface area contributed by atoms with Gasteiger partial charge in [0.05, 0.1) is 6.61 Å². The average molecular weight is 411 g/mol. The van der Waals surface area contributed by atoms with Gasteiger partial charge in [-0.3, -0.25) is 0 Å². The fourth-order valence-electron chi connectivity index (χ4n) is 3.65. The van der Waals surface area contributed by atoms with Crippen molar-refractivity contribution in [3.8, 4) is 0 Å². The molecule has 0 spiro atoms. The van der Waals surface area contributed by atoms with Gasteiger partial charge >= 0.3 is 5.97 Å². The molecule has 0 radical (unpaired) electrons. The summed E-state index contributed by atoms with van der Waals surface area (Å²) in [7, 11) is 0. The van der Waals surface area contributed by atoms with E-state index in [1.807, 2.05) is 0 Å². The normalized spacial score (nSPS) is 11.8. The molecule has 3 heteroatoms. The number of hydrogen-bond donors (Lipinski definition) is 1. The topological polar surface area (TPSA) is 46.5 Å². The van der Waals surface area contributed by atoms with Gasteiger partial charge in [0.2, 0.25) is 0 Å². The SMILES string of the molecule is CCCCCCCCCCCCCCCCCCCCOC(=O)C(C)=CCCO. The van der Waals surface area contributed by atoms with Crippen LogP contribution < -0.4 is 0 Å². The first-order chi connectivity index (χ1) is 14.2. The molecular weight excluding hydrogens is 360 g/mol. The van der Waals surface area contributed by atoms with E-state index in [2.05, 4.69) is 6.92 Å². The number of carbonyl (C=O) groups is 1. The molecule has 0 fully saturated rings. The van der Waals surface area contributed by atoms with Crippen LogP contribution >= 0.6 is 0 Å². The zero-order valence-corrected chi connectivity index (χ0v) is 19.7. The van der Waals surface area contributed by atoms with Crippen LogP contribution in [-0.2, 0) is 9.53 Å². The first-order valence-electron chi connectivity index (χ1n) is 12.7. The van der Waals surface area contributed by atoms with E-state index in [0.29, 0.717) is 18.6 Å². The fraction of sp³-hybridized carbons (Fsp3) is 0.885. The van der Waals surface area contributed by atoms with Crippen molar-refractivity contribution in [3.63, 3.8) is 0 Å². The van der Waals surface area contributed by atoms with E-state index in [-0.39, 0.29) is 12.6 Å². The van der Waals surface area contributed by atoms with E-state index in [1.54, 1.807) is 13.0 Å². The summed E-state index contributed by atoms with van der Waals surface area (Å²) >= 11 is 0. The van der Waals surface area contributed by atoms with Crippen molar-refractivity contribution in [2.24, 2.45) is 0 Å². The Bertz CT molecular complexity index is 376. The molecule has 0 saturated carbocycles. The second-order valence-corrected chi connectivity index (χ2v) is 8.55. The smallest absolute Gasteiger partial charge is 0.333 e. The third-order valence-electron chi connectivity index (χ3n) is 5.63. The third kappa shape index (κ3) is 21.7. The zero-order valence-electron chi connectivity index (χ0n) is 19.7. The van der Waals surface area contributed by atoms with Crippen molar-refractivity contribution >= 4 is 5.97 Å². The number of ether oxygens (including phenoxy) is 1. The average Bonchev–Trinajstić information content (AvgIpc) is 2.73. The molecule has 0 aromatic rings. The summed E-state index contributed by atoms with van der Waals surface area (Å²) in [5.41, 5.74) is 0.599. The first-order valence-corrected chi connectivity index (χ1v) is 12.7. The largest absolute Gasteiger partial charge is 0.462 e. The van der Waals surface area contributed by atoms with Gasteiger partial charge in [-0.2, -0.15) is 0 Å². The third-order valence-corrected chi connectivity index (χ3v) is 5.63. The van der Waals surface area contributed by atoms with Gasteiger partial charge in [0.25, 0.3) is 0 Å². The molecule has 1 N–H and O–H groups in total. The molecular formula is C26H50O3. The van der Waals surface area contributed by atoms with E-state index < -0.39 is 0 Å². The molecule has 0 amide bonds. The van der Waals surface area contributed by atoms with Crippen LogP contribution in [0, 0.1) is 0 Å². The number of rotatable bonds is 22. The molecule has 0 aliphatic rings. The maximum atomic E-state index is 11.7. The van der Waals surface area contributed by atoms with E-state index in [9.17, 15) is 4.79 Å². The van der Waals surface area contributed by atoms with Gasteiger partial charge in [0, 0.05) is 12.2 Å². The Morgan fingerprint density at radius 3 is 1.45 bits per heavy atom. The summed E-state index contributed by atoms with van der Waals surface area (Å²) in [5.74, 6) is -0.245. The van der Waals surface area contributed by atoms with Crippen LogP contribution in [0.2, 0.25) is 0 Å². The lowest BCUT2D eigenvalue weighted by Crippen LogP contribution is -2.07. The van der Waals surface area contributed by atoms with Crippen molar-refractivity contribution in [1.29, 1.82) is 0 Å². The Morgan fingerprint density at radius 2 is 1.07 bits per heavy atom. The lowest BCUT2D eigenvalue weighted by molar-refractivity contribution is -0.139. The molecule has 0 atom stereocenters. The maximum absolute atomic E-state index is 11.7. The molecule has 0 aromatic carbocycles. The van der Waals surface area contributed by atoms with Crippen molar-refractivity contribution in [2.75, 3.05) is 13.2 Å². The van der Waals surface area contributed by atoms with Crippen LogP contribution in [0.5, 0.6) is 0 Å². The Kier molecular flexibility index (Phi) is 22.8. The van der Waals surface area contributed by atoms with Crippen LogP contribution in [0.15, 0.2) is 11.6 Å². The second kappa shape index (κ2) is 23.4. The van der Waals surface area contributed by atoms with Gasteiger partial charge in [-0.15, -0.1) is 0 Å². The monoisotopic (exact) mass is 410 g/mol. The van der Waals surface area contributed by atoms with Crippen LogP contribution in [0.4, 0.5) is 0 Å². The molecule has 29 heavy (non-hydrogen) atoms. The van der Waals surface area contributed by atoms with Gasteiger partial charge in [-0.25, -0.2) is 4.79 Å². The summed E-state index contributed by atoms with van der Waals surface area (Å²) in [6.07, 6.45) is 26.7. The highest BCUT2D eigenvalue weighted by molar-refractivity contribution is 5.87. The molecule has 0 aromatic heterocycles. The standard InChI is InChI=1S/C26H50O3/c1-3-4-5-6-7-8-9-10-11-12-13-14-15-16-17-18-19-20-24-29-26(28)25(2)22-21-23-27/h22,27H,3-21,23-24H2,1-2H3. The van der Waals surface area contributed by atoms with Crippen LogP contribution in [0.3, 0.4) is 0 Å². The number of esters is 1. The van der Waals surface area contributed by atoms with Gasteiger partial charge in [0.1, 0.15) is 0 Å². The molecule has 172 valence electrons. The predicted molar refractivity (Wildman–Crippen MR) is 125 cm³/mol. The molecule has 0 unspecified atom stereocenters. The Balaban J connectivity index is 3.18. The van der Waals surface area contributed by atoms with Gasteiger partial charge in [0.15, 0.2) is 0 Å². The highest BCUT2D eigenvalue weighted by atomic mass is 16.5. The van der Waals surface area contributed by atoms with Crippen molar-refractivity contribution in [2.45, 2.75) is 136 Å². The summed E-state index contributed by atoms with van der Waals surface area (Å²) in [6, 6.07) is 0. The minimum Gasteiger partial charge on any atom is -0.462 e. The first kappa shape index (κ1) is 28.2. The van der Waals surface area contributed by atoms with E-state index in [1.165, 1.54) is 103 Å². The molecule has 0 bridgehead atoms. The van der Waals surface area contributed by atoms with Crippen molar-refractivity contribution in [1.82, 2.24) is 0 Å². The number of aliphatic hydroxyl groups is 1. The fourth-order valence-corrected chi connectivity index (χ4v) is 3.65. The van der Waals surface area contributed by atoms with Gasteiger partial charge < -0.3 is 9.84 Å². The molecule has 0 aliphatic carbocycles. The Hall–Kier alpha value is -0.830. The summed E-state index contributed by atoms with van der Waals surface area (Å²) < 4.78 is 5.24. The lowest BCUT2D eigenvalue weighted by Gasteiger charge is -2.05.